The van der Waals surface area contributed by atoms with Crippen LogP contribution in [-0.2, 0) is 0 Å². The van der Waals surface area contributed by atoms with Crippen molar-refractivity contribution in [2.24, 2.45) is 4.99 Å². The summed E-state index contributed by atoms with van der Waals surface area (Å²) in [5.74, 6) is 0.337. The van der Waals surface area contributed by atoms with Crippen LogP contribution in [-0.4, -0.2) is 23.4 Å². The molecule has 0 radical (unpaired) electrons. The first-order valence-corrected chi connectivity index (χ1v) is 8.20. The van der Waals surface area contributed by atoms with Crippen molar-refractivity contribution in [2.45, 2.75) is 11.3 Å². The average molecular weight is 342 g/mol. The van der Waals surface area contributed by atoms with Crippen LogP contribution in [0.4, 0.5) is 5.82 Å². The first kappa shape index (κ1) is 14.8. The summed E-state index contributed by atoms with van der Waals surface area (Å²) in [7, 11) is 1.50. The van der Waals surface area contributed by atoms with Gasteiger partial charge in [0.1, 0.15) is 5.75 Å². The molecule has 1 aliphatic carbocycles. The van der Waals surface area contributed by atoms with E-state index in [-0.39, 0.29) is 33.8 Å². The van der Waals surface area contributed by atoms with Crippen LogP contribution in [0.1, 0.15) is 5.69 Å². The fraction of sp³-hybridized carbons (Fsp3) is 0.188. The maximum Gasteiger partial charge on any atom is 0.353 e. The van der Waals surface area contributed by atoms with Gasteiger partial charge in [-0.05, 0) is 12.1 Å². The molecular formula is C16H14N4O3S. The molecule has 0 saturated heterocycles. The van der Waals surface area contributed by atoms with E-state index in [1.807, 2.05) is 24.3 Å². The number of aromatic nitrogens is 2. The number of hydrogen-bond acceptors (Lipinski definition) is 6. The summed E-state index contributed by atoms with van der Waals surface area (Å²) >= 11 is 1.43. The van der Waals surface area contributed by atoms with E-state index in [1.165, 1.54) is 31.0 Å². The Morgan fingerprint density at radius 1 is 1.17 bits per heavy atom. The highest BCUT2D eigenvalue weighted by atomic mass is 32.2. The quantitative estimate of drug-likeness (QED) is 0.649. The van der Waals surface area contributed by atoms with Gasteiger partial charge in [-0.15, -0.1) is 0 Å². The monoisotopic (exact) mass is 342 g/mol. The topological polar surface area (TPSA) is 101 Å². The smallest absolute Gasteiger partial charge is 0.353 e. The van der Waals surface area contributed by atoms with E-state index in [0.717, 1.165) is 0 Å². The number of nitrogens with zero attached hydrogens (tertiary/aromatic N) is 3. The molecule has 0 spiro atoms. The third-order valence-corrected chi connectivity index (χ3v) is 5.29. The number of thioether (sulfide) groups is 1. The third kappa shape index (κ3) is 2.10. The van der Waals surface area contributed by atoms with E-state index < -0.39 is 0 Å². The van der Waals surface area contributed by atoms with Crippen molar-refractivity contribution in [3.8, 4) is 5.75 Å². The summed E-state index contributed by atoms with van der Waals surface area (Å²) < 4.78 is 6.37. The number of benzene rings is 1. The molecule has 0 bridgehead atoms. The third-order valence-electron chi connectivity index (χ3n) is 4.06. The van der Waals surface area contributed by atoms with Gasteiger partial charge < -0.3 is 15.2 Å². The van der Waals surface area contributed by atoms with Crippen molar-refractivity contribution in [1.82, 2.24) is 0 Å². The molecule has 2 aliphatic rings. The number of methoxy groups -OCH3 is 1. The maximum absolute atomic E-state index is 12.9. The van der Waals surface area contributed by atoms with Crippen LogP contribution in [0.15, 0.2) is 47.5 Å². The van der Waals surface area contributed by atoms with E-state index in [0.29, 0.717) is 20.3 Å². The number of fused-ring (bicyclic) bond motifs is 2. The van der Waals surface area contributed by atoms with Crippen LogP contribution in [0.25, 0.3) is 11.0 Å². The first-order valence-electron chi connectivity index (χ1n) is 7.32. The molecule has 0 unspecified atom stereocenters. The summed E-state index contributed by atoms with van der Waals surface area (Å²) in [5, 5.41) is 25.9. The van der Waals surface area contributed by atoms with Crippen LogP contribution >= 0.6 is 11.8 Å². The van der Waals surface area contributed by atoms with Gasteiger partial charge in [-0.3, -0.25) is 10.7 Å². The maximum atomic E-state index is 12.9. The molecule has 4 rings (SSSR count). The molecule has 1 aromatic heterocycles. The summed E-state index contributed by atoms with van der Waals surface area (Å²) in [6.45, 7) is 0. The van der Waals surface area contributed by atoms with Crippen LogP contribution in [0.5, 0.6) is 5.75 Å². The molecule has 8 heteroatoms. The number of rotatable bonds is 2. The molecule has 7 nitrogen and oxygen atoms in total. The van der Waals surface area contributed by atoms with Crippen LogP contribution in [0.2, 0.25) is 0 Å². The summed E-state index contributed by atoms with van der Waals surface area (Å²) in [6.07, 6.45) is 7.85. The lowest BCUT2D eigenvalue weighted by Crippen LogP contribution is -2.45. The van der Waals surface area contributed by atoms with Gasteiger partial charge in [0, 0.05) is 0 Å². The second-order valence-corrected chi connectivity index (χ2v) is 6.62. The fourth-order valence-electron chi connectivity index (χ4n) is 2.82. The van der Waals surface area contributed by atoms with Gasteiger partial charge in [-0.1, -0.05) is 36.1 Å². The highest BCUT2D eigenvalue weighted by molar-refractivity contribution is 8.15. The van der Waals surface area contributed by atoms with E-state index >= 15 is 0 Å². The Labute approximate surface area is 141 Å². The average Bonchev–Trinajstić information content (AvgIpc) is 3.03. The van der Waals surface area contributed by atoms with Gasteiger partial charge in [-0.25, -0.2) is 4.73 Å². The van der Waals surface area contributed by atoms with E-state index in [1.54, 1.807) is 6.07 Å². The number of ether oxygens (including phenoxy) is 1. The minimum atomic E-state index is -0.152. The lowest BCUT2D eigenvalue weighted by Gasteiger charge is -2.14. The van der Waals surface area contributed by atoms with Gasteiger partial charge in [0.05, 0.1) is 24.5 Å². The standard InChI is InChI=1S/C16H14N4O3S/c1-23-9-6-7-11-12(8-9)19(21)14(15(17)20(11)22)16-18-10-4-2-3-5-13(10)24-16/h2-8,10,13H,17H2,1H3/t10-,13-/m1/s1. The van der Waals surface area contributed by atoms with Gasteiger partial charge in [0.2, 0.25) is 5.52 Å². The number of anilines is 1. The van der Waals surface area contributed by atoms with E-state index in [2.05, 4.69) is 4.99 Å². The Balaban J connectivity index is 1.92. The Morgan fingerprint density at radius 3 is 2.71 bits per heavy atom. The minimum Gasteiger partial charge on any atom is -0.710 e. The van der Waals surface area contributed by atoms with Crippen molar-refractivity contribution in [3.05, 3.63) is 58.6 Å². The number of aliphatic imine (C=N–C) groups is 1. The molecule has 2 atom stereocenters. The highest BCUT2D eigenvalue weighted by Crippen LogP contribution is 2.34. The predicted octanol–water partition coefficient (Wildman–Crippen LogP) is 1.05. The van der Waals surface area contributed by atoms with Crippen molar-refractivity contribution in [3.63, 3.8) is 0 Å². The zero-order valence-electron chi connectivity index (χ0n) is 12.7. The SMILES string of the molecule is COc1ccc2c(c1)[n+]([O-])c(C1=N[C@@H]3C=CC=C[C@H]3S1)c(N)[n+]2[O-]. The highest BCUT2D eigenvalue weighted by Gasteiger charge is 2.37. The summed E-state index contributed by atoms with van der Waals surface area (Å²) in [6, 6.07) is 4.61. The number of nitrogens with two attached hydrogens (primary N) is 1. The van der Waals surface area contributed by atoms with Crippen molar-refractivity contribution >= 4 is 33.7 Å². The van der Waals surface area contributed by atoms with E-state index in [4.69, 9.17) is 10.5 Å². The van der Waals surface area contributed by atoms with Gasteiger partial charge in [0.25, 0.3) is 5.52 Å². The van der Waals surface area contributed by atoms with Crippen molar-refractivity contribution in [2.75, 3.05) is 12.8 Å². The second kappa shape index (κ2) is 5.41. The molecule has 0 saturated carbocycles. The molecule has 122 valence electrons. The summed E-state index contributed by atoms with van der Waals surface area (Å²) in [4.78, 5) is 4.55. The first-order chi connectivity index (χ1) is 11.6. The normalized spacial score (nSPS) is 21.8. The zero-order valence-corrected chi connectivity index (χ0v) is 13.6. The Morgan fingerprint density at radius 2 is 1.96 bits per heavy atom. The molecule has 0 amide bonds. The van der Waals surface area contributed by atoms with Crippen LogP contribution in [0, 0.1) is 10.4 Å². The van der Waals surface area contributed by atoms with E-state index in [9.17, 15) is 10.4 Å². The van der Waals surface area contributed by atoms with Gasteiger partial charge >= 0.3 is 11.5 Å². The molecule has 1 aliphatic heterocycles. The van der Waals surface area contributed by atoms with Gasteiger partial charge in [-0.2, -0.15) is 4.73 Å². The number of nitrogen functional groups attached to an aromatic ring is 1. The molecule has 2 N–H and O–H groups in total. The second-order valence-electron chi connectivity index (χ2n) is 5.45. The molecule has 0 fully saturated rings. The number of allylic oxidation sites excluding steroid dienone is 2. The Hall–Kier alpha value is -2.74. The number of hydrogen-bond donors (Lipinski definition) is 1. The molecule has 1 aromatic carbocycles. The van der Waals surface area contributed by atoms with Crippen LogP contribution < -0.4 is 19.9 Å². The van der Waals surface area contributed by atoms with Crippen molar-refractivity contribution in [1.29, 1.82) is 0 Å². The molecule has 24 heavy (non-hydrogen) atoms. The summed E-state index contributed by atoms with van der Waals surface area (Å²) in [5.41, 5.74) is 6.43. The molecule has 2 aromatic rings. The largest absolute Gasteiger partial charge is 0.710 e. The van der Waals surface area contributed by atoms with Crippen molar-refractivity contribution < 1.29 is 14.2 Å². The van der Waals surface area contributed by atoms with Crippen LogP contribution in [0.3, 0.4) is 0 Å². The Kier molecular flexibility index (Phi) is 3.34. The minimum absolute atomic E-state index is 0.0458. The lowest BCUT2D eigenvalue weighted by atomic mass is 10.1. The predicted molar refractivity (Wildman–Crippen MR) is 92.8 cm³/mol. The zero-order chi connectivity index (χ0) is 16.8. The molecule has 2 heterocycles. The fourth-order valence-corrected chi connectivity index (χ4v) is 4.02. The molecular weight excluding hydrogens is 328 g/mol. The Bertz CT molecular complexity index is 939. The lowest BCUT2D eigenvalue weighted by molar-refractivity contribution is -0.619. The van der Waals surface area contributed by atoms with Gasteiger partial charge in [0.15, 0.2) is 5.04 Å².